The first-order valence-corrected chi connectivity index (χ1v) is 8.34. The van der Waals surface area contributed by atoms with Crippen LogP contribution in [0.25, 0.3) is 0 Å². The van der Waals surface area contributed by atoms with Crippen LogP contribution in [0.4, 0.5) is 5.69 Å². The monoisotopic (exact) mass is 293 g/mol. The summed E-state index contributed by atoms with van der Waals surface area (Å²) in [6.07, 6.45) is 4.07. The summed E-state index contributed by atoms with van der Waals surface area (Å²) >= 11 is 0. The highest BCUT2D eigenvalue weighted by molar-refractivity contribution is 7.90. The van der Waals surface area contributed by atoms with Crippen molar-refractivity contribution in [3.63, 3.8) is 0 Å². The van der Waals surface area contributed by atoms with Crippen molar-refractivity contribution in [3.05, 3.63) is 41.7 Å². The number of anilines is 1. The molecular weight excluding hydrogens is 274 g/mol. The molecule has 108 valence electrons. The van der Waals surface area contributed by atoms with E-state index in [2.05, 4.69) is 17.3 Å². The molecule has 0 spiro atoms. The van der Waals surface area contributed by atoms with Crippen molar-refractivity contribution < 1.29 is 8.42 Å². The Morgan fingerprint density at radius 2 is 2.10 bits per heavy atom. The number of aryl methyl sites for hydroxylation is 2. The second-order valence-electron chi connectivity index (χ2n) is 4.78. The minimum absolute atomic E-state index is 0.324. The molecule has 0 saturated carbocycles. The number of sulfone groups is 1. The minimum Gasteiger partial charge on any atom is -0.381 e. The SMILES string of the molecule is CCc1nn(C)cc1CNc1cccc(S(C)(=O)=O)c1. The summed E-state index contributed by atoms with van der Waals surface area (Å²) < 4.78 is 24.8. The zero-order valence-electron chi connectivity index (χ0n) is 11.9. The Kier molecular flexibility index (Phi) is 4.13. The number of hydrogen-bond donors (Lipinski definition) is 1. The predicted molar refractivity (Wildman–Crippen MR) is 79.5 cm³/mol. The van der Waals surface area contributed by atoms with E-state index in [9.17, 15) is 8.42 Å². The first-order chi connectivity index (χ1) is 9.40. The van der Waals surface area contributed by atoms with Crippen LogP contribution < -0.4 is 5.32 Å². The highest BCUT2D eigenvalue weighted by Crippen LogP contribution is 2.17. The summed E-state index contributed by atoms with van der Waals surface area (Å²) in [5, 5.41) is 7.62. The number of hydrogen-bond acceptors (Lipinski definition) is 4. The van der Waals surface area contributed by atoms with Gasteiger partial charge in [0.05, 0.1) is 10.6 Å². The number of aromatic nitrogens is 2. The fraction of sp³-hybridized carbons (Fsp3) is 0.357. The van der Waals surface area contributed by atoms with Crippen LogP contribution in [0, 0.1) is 0 Å². The third kappa shape index (κ3) is 3.39. The normalized spacial score (nSPS) is 11.6. The minimum atomic E-state index is -3.17. The average Bonchev–Trinajstić information content (AvgIpc) is 2.76. The molecule has 0 atom stereocenters. The molecule has 0 amide bonds. The Balaban J connectivity index is 2.15. The van der Waals surface area contributed by atoms with E-state index < -0.39 is 9.84 Å². The summed E-state index contributed by atoms with van der Waals surface area (Å²) in [7, 11) is -1.28. The van der Waals surface area contributed by atoms with Gasteiger partial charge >= 0.3 is 0 Å². The van der Waals surface area contributed by atoms with E-state index in [0.29, 0.717) is 11.4 Å². The molecule has 0 radical (unpaired) electrons. The molecule has 2 rings (SSSR count). The largest absolute Gasteiger partial charge is 0.381 e. The molecule has 0 unspecified atom stereocenters. The van der Waals surface area contributed by atoms with Crippen molar-refractivity contribution in [2.45, 2.75) is 24.8 Å². The summed E-state index contributed by atoms with van der Waals surface area (Å²) in [5.41, 5.74) is 2.97. The van der Waals surface area contributed by atoms with Gasteiger partial charge in [0, 0.05) is 37.3 Å². The van der Waals surface area contributed by atoms with E-state index in [1.165, 1.54) is 6.26 Å². The molecule has 1 heterocycles. The molecule has 2 aromatic rings. The van der Waals surface area contributed by atoms with E-state index >= 15 is 0 Å². The van der Waals surface area contributed by atoms with Gasteiger partial charge in [0.25, 0.3) is 0 Å². The quantitative estimate of drug-likeness (QED) is 0.916. The van der Waals surface area contributed by atoms with Gasteiger partial charge in [-0.25, -0.2) is 8.42 Å². The summed E-state index contributed by atoms with van der Waals surface area (Å²) in [6, 6.07) is 6.85. The van der Waals surface area contributed by atoms with Gasteiger partial charge in [-0.15, -0.1) is 0 Å². The van der Waals surface area contributed by atoms with Crippen LogP contribution in [0.3, 0.4) is 0 Å². The van der Waals surface area contributed by atoms with Crippen LogP contribution in [0.15, 0.2) is 35.4 Å². The van der Waals surface area contributed by atoms with Gasteiger partial charge in [-0.2, -0.15) is 5.10 Å². The standard InChI is InChI=1S/C14H19N3O2S/c1-4-14-11(10-17(2)16-14)9-15-12-6-5-7-13(8-12)20(3,18)19/h5-8,10,15H,4,9H2,1-3H3. The Hall–Kier alpha value is -1.82. The van der Waals surface area contributed by atoms with Gasteiger partial charge in [0.1, 0.15) is 0 Å². The van der Waals surface area contributed by atoms with E-state index in [-0.39, 0.29) is 0 Å². The van der Waals surface area contributed by atoms with Gasteiger partial charge in [-0.1, -0.05) is 13.0 Å². The Bertz CT molecular complexity index is 705. The van der Waals surface area contributed by atoms with Crippen molar-refractivity contribution in [3.8, 4) is 0 Å². The van der Waals surface area contributed by atoms with Gasteiger partial charge in [0.15, 0.2) is 9.84 Å². The summed E-state index contributed by atoms with van der Waals surface area (Å²) in [5.74, 6) is 0. The molecule has 0 aliphatic rings. The second kappa shape index (κ2) is 5.66. The Labute approximate surface area is 119 Å². The van der Waals surface area contributed by atoms with Crippen LogP contribution in [0.1, 0.15) is 18.2 Å². The average molecular weight is 293 g/mol. The second-order valence-corrected chi connectivity index (χ2v) is 6.80. The van der Waals surface area contributed by atoms with Crippen molar-refractivity contribution in [2.75, 3.05) is 11.6 Å². The summed E-state index contributed by atoms with van der Waals surface area (Å²) in [4.78, 5) is 0.324. The third-order valence-electron chi connectivity index (χ3n) is 3.07. The smallest absolute Gasteiger partial charge is 0.175 e. The fourth-order valence-corrected chi connectivity index (χ4v) is 2.73. The zero-order valence-corrected chi connectivity index (χ0v) is 12.7. The first-order valence-electron chi connectivity index (χ1n) is 6.45. The lowest BCUT2D eigenvalue weighted by molar-refractivity contribution is 0.602. The van der Waals surface area contributed by atoms with Gasteiger partial charge in [0.2, 0.25) is 0 Å². The van der Waals surface area contributed by atoms with Crippen LogP contribution in [-0.4, -0.2) is 24.5 Å². The first kappa shape index (κ1) is 14.6. The number of rotatable bonds is 5. The number of nitrogens with zero attached hydrogens (tertiary/aromatic N) is 2. The molecule has 0 aliphatic carbocycles. The molecule has 0 fully saturated rings. The molecule has 5 nitrogen and oxygen atoms in total. The zero-order chi connectivity index (χ0) is 14.8. The Morgan fingerprint density at radius 3 is 2.75 bits per heavy atom. The molecule has 6 heteroatoms. The highest BCUT2D eigenvalue weighted by Gasteiger charge is 2.08. The Morgan fingerprint density at radius 1 is 1.35 bits per heavy atom. The topological polar surface area (TPSA) is 64.0 Å². The highest BCUT2D eigenvalue weighted by atomic mass is 32.2. The van der Waals surface area contributed by atoms with Crippen LogP contribution in [0.2, 0.25) is 0 Å². The van der Waals surface area contributed by atoms with E-state index in [4.69, 9.17) is 0 Å². The molecule has 0 saturated heterocycles. The van der Waals surface area contributed by atoms with Crippen molar-refractivity contribution in [1.82, 2.24) is 9.78 Å². The molecule has 1 N–H and O–H groups in total. The van der Waals surface area contributed by atoms with E-state index in [0.717, 1.165) is 23.4 Å². The number of benzene rings is 1. The van der Waals surface area contributed by atoms with E-state index in [1.54, 1.807) is 22.9 Å². The molecule has 20 heavy (non-hydrogen) atoms. The molecule has 0 aliphatic heterocycles. The maximum Gasteiger partial charge on any atom is 0.175 e. The van der Waals surface area contributed by atoms with Crippen LogP contribution in [0.5, 0.6) is 0 Å². The molecule has 0 bridgehead atoms. The lowest BCUT2D eigenvalue weighted by Gasteiger charge is -2.07. The van der Waals surface area contributed by atoms with Crippen LogP contribution in [-0.2, 0) is 29.9 Å². The molecule has 1 aromatic heterocycles. The summed E-state index contributed by atoms with van der Waals surface area (Å²) in [6.45, 7) is 2.69. The lowest BCUT2D eigenvalue weighted by Crippen LogP contribution is -2.03. The van der Waals surface area contributed by atoms with Gasteiger partial charge < -0.3 is 5.32 Å². The van der Waals surface area contributed by atoms with Crippen molar-refractivity contribution >= 4 is 15.5 Å². The van der Waals surface area contributed by atoms with Crippen molar-refractivity contribution in [2.24, 2.45) is 7.05 Å². The van der Waals surface area contributed by atoms with E-state index in [1.807, 2.05) is 19.3 Å². The van der Waals surface area contributed by atoms with Crippen molar-refractivity contribution in [1.29, 1.82) is 0 Å². The predicted octanol–water partition coefficient (Wildman–Crippen LogP) is 2.00. The van der Waals surface area contributed by atoms with Crippen LogP contribution >= 0.6 is 0 Å². The third-order valence-corrected chi connectivity index (χ3v) is 4.18. The lowest BCUT2D eigenvalue weighted by atomic mass is 10.2. The van der Waals surface area contributed by atoms with Gasteiger partial charge in [-0.3, -0.25) is 4.68 Å². The molecular formula is C14H19N3O2S. The maximum atomic E-state index is 11.5. The fourth-order valence-electron chi connectivity index (χ4n) is 2.06. The molecule has 1 aromatic carbocycles. The maximum absolute atomic E-state index is 11.5. The number of nitrogens with one attached hydrogen (secondary N) is 1. The van der Waals surface area contributed by atoms with Gasteiger partial charge in [-0.05, 0) is 24.6 Å².